The fourth-order valence-corrected chi connectivity index (χ4v) is 4.04. The molecule has 0 radical (unpaired) electrons. The minimum atomic E-state index is -0.0266. The smallest absolute Gasteiger partial charge is 0.259 e. The van der Waals surface area contributed by atoms with Crippen LogP contribution in [0.3, 0.4) is 0 Å². The number of aryl methyl sites for hydroxylation is 1. The third-order valence-electron chi connectivity index (χ3n) is 5.54. The number of amides is 1. The summed E-state index contributed by atoms with van der Waals surface area (Å²) >= 11 is 0. The topological polar surface area (TPSA) is 80.3 Å². The molecule has 0 saturated carbocycles. The summed E-state index contributed by atoms with van der Waals surface area (Å²) in [5.41, 5.74) is 1.33. The van der Waals surface area contributed by atoms with Gasteiger partial charge in [0.15, 0.2) is 11.6 Å². The number of aromatic nitrogens is 4. The van der Waals surface area contributed by atoms with Crippen LogP contribution in [0, 0.1) is 6.92 Å². The van der Waals surface area contributed by atoms with Crippen molar-refractivity contribution in [1.82, 2.24) is 29.7 Å². The average molecular weight is 358 g/mol. The van der Waals surface area contributed by atoms with Gasteiger partial charge >= 0.3 is 0 Å². The van der Waals surface area contributed by atoms with Gasteiger partial charge in [0.25, 0.3) is 5.91 Å². The summed E-state index contributed by atoms with van der Waals surface area (Å²) in [6.45, 7) is 8.79. The summed E-state index contributed by atoms with van der Waals surface area (Å²) in [7, 11) is 2.14. The molecule has 2 aromatic rings. The zero-order valence-corrected chi connectivity index (χ0v) is 15.9. The molecule has 8 nitrogen and oxygen atoms in total. The van der Waals surface area contributed by atoms with Gasteiger partial charge in [0.1, 0.15) is 11.3 Å². The molecular formula is C18H26N6O2. The van der Waals surface area contributed by atoms with E-state index in [1.54, 1.807) is 6.92 Å². The zero-order chi connectivity index (χ0) is 18.4. The standard InChI is InChI=1S/C18H26N6O2/c1-11(2)16-15(12(3)26-21-16)18(25)23-8-9-24-14(10-23)19-20-17(24)13-6-5-7-22(13)4/h11,13H,5-10H2,1-4H3/t13-/m0/s1. The van der Waals surface area contributed by atoms with Crippen LogP contribution in [0.1, 0.15) is 72.1 Å². The Hall–Kier alpha value is -2.22. The third-order valence-corrected chi connectivity index (χ3v) is 5.54. The van der Waals surface area contributed by atoms with Crippen LogP contribution in [0.2, 0.25) is 0 Å². The normalized spacial score (nSPS) is 20.8. The summed E-state index contributed by atoms with van der Waals surface area (Å²) in [4.78, 5) is 17.3. The Labute approximate surface area is 153 Å². The zero-order valence-electron chi connectivity index (χ0n) is 15.9. The molecule has 0 bridgehead atoms. The van der Waals surface area contributed by atoms with Gasteiger partial charge in [-0.1, -0.05) is 19.0 Å². The van der Waals surface area contributed by atoms with E-state index in [2.05, 4.69) is 31.9 Å². The number of hydrogen-bond acceptors (Lipinski definition) is 6. The lowest BCUT2D eigenvalue weighted by Crippen LogP contribution is -2.39. The molecule has 1 atom stereocenters. The van der Waals surface area contributed by atoms with E-state index in [1.807, 2.05) is 18.7 Å². The SMILES string of the molecule is Cc1onc(C(C)C)c1C(=O)N1CCn2c(nnc2[C@@H]2CCCN2C)C1. The second-order valence-electron chi connectivity index (χ2n) is 7.65. The Kier molecular flexibility index (Phi) is 4.30. The van der Waals surface area contributed by atoms with E-state index in [1.165, 1.54) is 6.42 Å². The fraction of sp³-hybridized carbons (Fsp3) is 0.667. The summed E-state index contributed by atoms with van der Waals surface area (Å²) in [5.74, 6) is 2.60. The molecule has 1 fully saturated rings. The van der Waals surface area contributed by atoms with Gasteiger partial charge in [-0.25, -0.2) is 0 Å². The number of fused-ring (bicyclic) bond motifs is 1. The second-order valence-corrected chi connectivity index (χ2v) is 7.65. The summed E-state index contributed by atoms with van der Waals surface area (Å²) in [6, 6.07) is 0.339. The number of nitrogens with zero attached hydrogens (tertiary/aromatic N) is 6. The van der Waals surface area contributed by atoms with Crippen LogP contribution in [0.5, 0.6) is 0 Å². The minimum absolute atomic E-state index is 0.0266. The monoisotopic (exact) mass is 358 g/mol. The third kappa shape index (κ3) is 2.72. The van der Waals surface area contributed by atoms with Gasteiger partial charge in [0.2, 0.25) is 0 Å². The van der Waals surface area contributed by atoms with Gasteiger partial charge in [0.05, 0.1) is 18.3 Å². The van der Waals surface area contributed by atoms with Crippen molar-refractivity contribution in [2.45, 2.75) is 58.7 Å². The van der Waals surface area contributed by atoms with Crippen LogP contribution in [0.15, 0.2) is 4.52 Å². The molecule has 0 N–H and O–H groups in total. The molecule has 1 saturated heterocycles. The van der Waals surface area contributed by atoms with Gasteiger partial charge in [-0.15, -0.1) is 10.2 Å². The first-order valence-electron chi connectivity index (χ1n) is 9.35. The van der Waals surface area contributed by atoms with E-state index in [9.17, 15) is 4.79 Å². The van der Waals surface area contributed by atoms with Crippen molar-refractivity contribution in [1.29, 1.82) is 0 Å². The summed E-state index contributed by atoms with van der Waals surface area (Å²) < 4.78 is 7.48. The largest absolute Gasteiger partial charge is 0.361 e. The lowest BCUT2D eigenvalue weighted by atomic mass is 10.0. The molecule has 2 aliphatic heterocycles. The van der Waals surface area contributed by atoms with Gasteiger partial charge in [-0.05, 0) is 39.3 Å². The number of likely N-dealkylation sites (tertiary alicyclic amines) is 1. The number of carbonyl (C=O) groups is 1. The number of rotatable bonds is 3. The lowest BCUT2D eigenvalue weighted by Gasteiger charge is -2.29. The molecule has 26 heavy (non-hydrogen) atoms. The highest BCUT2D eigenvalue weighted by Crippen LogP contribution is 2.31. The first-order valence-corrected chi connectivity index (χ1v) is 9.35. The van der Waals surface area contributed by atoms with Crippen molar-refractivity contribution < 1.29 is 9.32 Å². The molecule has 0 unspecified atom stereocenters. The molecule has 1 amide bonds. The van der Waals surface area contributed by atoms with Crippen LogP contribution in [0.4, 0.5) is 0 Å². The Bertz CT molecular complexity index is 824. The predicted molar refractivity (Wildman–Crippen MR) is 94.7 cm³/mol. The predicted octanol–water partition coefficient (Wildman–Crippen LogP) is 2.12. The van der Waals surface area contributed by atoms with Gasteiger partial charge < -0.3 is 14.0 Å². The van der Waals surface area contributed by atoms with Gasteiger partial charge in [-0.3, -0.25) is 9.69 Å². The van der Waals surface area contributed by atoms with Crippen molar-refractivity contribution in [3.63, 3.8) is 0 Å². The Morgan fingerprint density at radius 1 is 1.23 bits per heavy atom. The van der Waals surface area contributed by atoms with E-state index in [4.69, 9.17) is 4.52 Å². The molecule has 8 heteroatoms. The first kappa shape index (κ1) is 17.2. The van der Waals surface area contributed by atoms with Crippen LogP contribution >= 0.6 is 0 Å². The van der Waals surface area contributed by atoms with Crippen LogP contribution in [-0.4, -0.2) is 55.8 Å². The van der Waals surface area contributed by atoms with Crippen LogP contribution in [0.25, 0.3) is 0 Å². The van der Waals surface area contributed by atoms with Crippen molar-refractivity contribution >= 4 is 5.91 Å². The molecule has 4 heterocycles. The quantitative estimate of drug-likeness (QED) is 0.836. The molecule has 2 aliphatic rings. The van der Waals surface area contributed by atoms with E-state index in [0.29, 0.717) is 30.5 Å². The number of carbonyl (C=O) groups excluding carboxylic acids is 1. The molecule has 140 valence electrons. The minimum Gasteiger partial charge on any atom is -0.361 e. The van der Waals surface area contributed by atoms with Crippen LogP contribution < -0.4 is 0 Å². The Balaban J connectivity index is 1.57. The molecule has 0 spiro atoms. The Morgan fingerprint density at radius 3 is 2.73 bits per heavy atom. The fourth-order valence-electron chi connectivity index (χ4n) is 4.04. The van der Waals surface area contributed by atoms with E-state index < -0.39 is 0 Å². The molecular weight excluding hydrogens is 332 g/mol. The van der Waals surface area contributed by atoms with Crippen molar-refractivity contribution in [2.75, 3.05) is 20.1 Å². The lowest BCUT2D eigenvalue weighted by molar-refractivity contribution is 0.0702. The van der Waals surface area contributed by atoms with Gasteiger partial charge in [-0.2, -0.15) is 0 Å². The average Bonchev–Trinajstić information content (AvgIpc) is 3.31. The van der Waals surface area contributed by atoms with Crippen molar-refractivity contribution in [3.8, 4) is 0 Å². The Morgan fingerprint density at radius 2 is 2.04 bits per heavy atom. The highest BCUT2D eigenvalue weighted by Gasteiger charge is 2.33. The highest BCUT2D eigenvalue weighted by molar-refractivity contribution is 5.96. The highest BCUT2D eigenvalue weighted by atomic mass is 16.5. The number of hydrogen-bond donors (Lipinski definition) is 0. The maximum atomic E-state index is 13.1. The van der Waals surface area contributed by atoms with E-state index >= 15 is 0 Å². The summed E-state index contributed by atoms with van der Waals surface area (Å²) in [6.07, 6.45) is 2.31. The summed E-state index contributed by atoms with van der Waals surface area (Å²) in [5, 5.41) is 12.9. The van der Waals surface area contributed by atoms with Crippen LogP contribution in [-0.2, 0) is 13.1 Å². The maximum Gasteiger partial charge on any atom is 0.259 e. The molecule has 2 aromatic heterocycles. The second kappa shape index (κ2) is 6.50. The molecule has 0 aromatic carbocycles. The van der Waals surface area contributed by atoms with Crippen molar-refractivity contribution in [2.24, 2.45) is 0 Å². The van der Waals surface area contributed by atoms with Crippen molar-refractivity contribution in [3.05, 3.63) is 28.7 Å². The first-order chi connectivity index (χ1) is 12.5. The molecule has 4 rings (SSSR count). The van der Waals surface area contributed by atoms with E-state index in [-0.39, 0.29) is 11.8 Å². The van der Waals surface area contributed by atoms with E-state index in [0.717, 1.165) is 36.9 Å². The van der Waals surface area contributed by atoms with Gasteiger partial charge in [0, 0.05) is 13.1 Å². The maximum absolute atomic E-state index is 13.1. The molecule has 0 aliphatic carbocycles.